The molecule has 2 atom stereocenters. The van der Waals surface area contributed by atoms with Crippen molar-refractivity contribution in [1.82, 2.24) is 5.32 Å². The number of ether oxygens (including phenoxy) is 1. The Morgan fingerprint density at radius 3 is 2.27 bits per heavy atom. The highest BCUT2D eigenvalue weighted by Gasteiger charge is 2.32. The Labute approximate surface area is 130 Å². The lowest BCUT2D eigenvalue weighted by atomic mass is 9.96. The highest BCUT2D eigenvalue weighted by atomic mass is 16.6. The molecule has 1 rings (SSSR count). The van der Waals surface area contributed by atoms with Crippen molar-refractivity contribution in [3.8, 4) is 0 Å². The van der Waals surface area contributed by atoms with E-state index in [4.69, 9.17) is 4.74 Å². The molecule has 6 heteroatoms. The lowest BCUT2D eigenvalue weighted by Gasteiger charge is -2.25. The van der Waals surface area contributed by atoms with E-state index in [2.05, 4.69) is 5.32 Å². The smallest absolute Gasteiger partial charge is 0.408 e. The number of carboxylic acid groups (broad SMARTS) is 1. The van der Waals surface area contributed by atoms with Crippen LogP contribution in [0, 0.1) is 13.8 Å². The van der Waals surface area contributed by atoms with E-state index < -0.39 is 29.8 Å². The monoisotopic (exact) mass is 309 g/mol. The van der Waals surface area contributed by atoms with E-state index in [1.807, 2.05) is 13.0 Å². The van der Waals surface area contributed by atoms with E-state index in [1.54, 1.807) is 39.8 Å². The van der Waals surface area contributed by atoms with Crippen molar-refractivity contribution in [1.29, 1.82) is 0 Å². The number of benzene rings is 1. The van der Waals surface area contributed by atoms with E-state index in [0.717, 1.165) is 11.1 Å². The zero-order valence-corrected chi connectivity index (χ0v) is 13.5. The first kappa shape index (κ1) is 18.0. The van der Waals surface area contributed by atoms with Gasteiger partial charge >= 0.3 is 12.1 Å². The first-order valence-corrected chi connectivity index (χ1v) is 6.99. The fraction of sp³-hybridized carbons (Fsp3) is 0.500. The topological polar surface area (TPSA) is 95.9 Å². The third kappa shape index (κ3) is 5.04. The molecule has 0 unspecified atom stereocenters. The van der Waals surface area contributed by atoms with Gasteiger partial charge in [0.05, 0.1) is 0 Å². The standard InChI is InChI=1S/C16H23NO5/c1-9-6-7-11(10(2)8-9)13(18)12(14(19)20)17-15(21)22-16(3,4)5/h6-8,12-13,18H,1-5H3,(H,17,21)(H,19,20)/t12-,13+/m0/s1. The molecular formula is C16H23NO5. The summed E-state index contributed by atoms with van der Waals surface area (Å²) < 4.78 is 5.03. The summed E-state index contributed by atoms with van der Waals surface area (Å²) in [7, 11) is 0. The van der Waals surface area contributed by atoms with E-state index in [0.29, 0.717) is 5.56 Å². The van der Waals surface area contributed by atoms with Crippen LogP contribution in [0.2, 0.25) is 0 Å². The Hall–Kier alpha value is -2.08. The zero-order chi connectivity index (χ0) is 17.1. The number of rotatable bonds is 4. The molecule has 0 radical (unpaired) electrons. The first-order valence-electron chi connectivity index (χ1n) is 6.99. The maximum atomic E-state index is 11.7. The SMILES string of the molecule is Cc1ccc([C@@H](O)[C@H](NC(=O)OC(C)(C)C)C(=O)O)c(C)c1. The molecule has 0 bridgehead atoms. The van der Waals surface area contributed by atoms with Gasteiger partial charge in [0.15, 0.2) is 6.04 Å². The molecule has 1 amide bonds. The second-order valence-corrected chi connectivity index (χ2v) is 6.27. The minimum Gasteiger partial charge on any atom is -0.480 e. The summed E-state index contributed by atoms with van der Waals surface area (Å²) in [5, 5.41) is 21.8. The first-order chi connectivity index (χ1) is 10.0. The number of aliphatic hydroxyl groups excluding tert-OH is 1. The van der Waals surface area contributed by atoms with Crippen molar-refractivity contribution in [3.63, 3.8) is 0 Å². The fourth-order valence-electron chi connectivity index (χ4n) is 2.05. The van der Waals surface area contributed by atoms with Gasteiger partial charge < -0.3 is 20.3 Å². The molecule has 0 aliphatic heterocycles. The second-order valence-electron chi connectivity index (χ2n) is 6.27. The quantitative estimate of drug-likeness (QED) is 0.793. The van der Waals surface area contributed by atoms with Gasteiger partial charge in [-0.1, -0.05) is 23.8 Å². The Morgan fingerprint density at radius 1 is 1.23 bits per heavy atom. The summed E-state index contributed by atoms with van der Waals surface area (Å²) in [6.45, 7) is 8.68. The summed E-state index contributed by atoms with van der Waals surface area (Å²) in [5.41, 5.74) is 1.46. The van der Waals surface area contributed by atoms with Crippen LogP contribution in [-0.4, -0.2) is 33.9 Å². The molecule has 0 aliphatic carbocycles. The summed E-state index contributed by atoms with van der Waals surface area (Å²) in [4.78, 5) is 23.1. The van der Waals surface area contributed by atoms with Gasteiger partial charge in [-0.05, 0) is 45.7 Å². The molecule has 0 spiro atoms. The predicted octanol–water partition coefficient (Wildman–Crippen LogP) is 2.31. The summed E-state index contributed by atoms with van der Waals surface area (Å²) >= 11 is 0. The van der Waals surface area contributed by atoms with Crippen LogP contribution in [0.1, 0.15) is 43.6 Å². The predicted molar refractivity (Wildman–Crippen MR) is 81.7 cm³/mol. The van der Waals surface area contributed by atoms with E-state index >= 15 is 0 Å². The largest absolute Gasteiger partial charge is 0.480 e. The van der Waals surface area contributed by atoms with Gasteiger partial charge in [-0.25, -0.2) is 9.59 Å². The van der Waals surface area contributed by atoms with Crippen LogP contribution in [0.15, 0.2) is 18.2 Å². The number of aliphatic hydroxyl groups is 1. The van der Waals surface area contributed by atoms with E-state index in [-0.39, 0.29) is 0 Å². The second kappa shape index (κ2) is 6.79. The lowest BCUT2D eigenvalue weighted by molar-refractivity contribution is -0.142. The van der Waals surface area contributed by atoms with Gasteiger partial charge in [-0.15, -0.1) is 0 Å². The minimum absolute atomic E-state index is 0.453. The molecule has 1 aromatic carbocycles. The van der Waals surface area contributed by atoms with Crippen LogP contribution in [-0.2, 0) is 9.53 Å². The van der Waals surface area contributed by atoms with Gasteiger partial charge in [0.25, 0.3) is 0 Å². The van der Waals surface area contributed by atoms with Crippen molar-refractivity contribution < 1.29 is 24.5 Å². The van der Waals surface area contributed by atoms with Crippen LogP contribution >= 0.6 is 0 Å². The minimum atomic E-state index is -1.49. The van der Waals surface area contributed by atoms with Gasteiger partial charge in [0.1, 0.15) is 11.7 Å². The fourth-order valence-corrected chi connectivity index (χ4v) is 2.05. The summed E-state index contributed by atoms with van der Waals surface area (Å²) in [5.74, 6) is -1.33. The van der Waals surface area contributed by atoms with Gasteiger partial charge in [-0.3, -0.25) is 0 Å². The van der Waals surface area contributed by atoms with Gasteiger partial charge in [0.2, 0.25) is 0 Å². The zero-order valence-electron chi connectivity index (χ0n) is 13.5. The molecule has 0 fully saturated rings. The normalized spacial score (nSPS) is 14.1. The van der Waals surface area contributed by atoms with Crippen molar-refractivity contribution in [2.75, 3.05) is 0 Å². The van der Waals surface area contributed by atoms with E-state index in [9.17, 15) is 19.8 Å². The number of aryl methyl sites for hydroxylation is 2. The lowest BCUT2D eigenvalue weighted by Crippen LogP contribution is -2.47. The molecule has 3 N–H and O–H groups in total. The molecule has 0 aromatic heterocycles. The third-order valence-electron chi connectivity index (χ3n) is 3.00. The molecule has 6 nitrogen and oxygen atoms in total. The van der Waals surface area contributed by atoms with Crippen LogP contribution in [0.5, 0.6) is 0 Å². The number of carbonyl (C=O) groups excluding carboxylic acids is 1. The maximum Gasteiger partial charge on any atom is 0.408 e. The number of nitrogens with one attached hydrogen (secondary N) is 1. The van der Waals surface area contributed by atoms with Crippen molar-refractivity contribution in [2.24, 2.45) is 0 Å². The Bertz CT molecular complexity index is 562. The molecule has 0 heterocycles. The number of carboxylic acids is 1. The maximum absolute atomic E-state index is 11.7. The average Bonchev–Trinajstić information content (AvgIpc) is 2.32. The van der Waals surface area contributed by atoms with E-state index in [1.165, 1.54) is 0 Å². The molecular weight excluding hydrogens is 286 g/mol. The number of aliphatic carboxylic acids is 1. The number of hydrogen-bond donors (Lipinski definition) is 3. The van der Waals surface area contributed by atoms with Crippen molar-refractivity contribution >= 4 is 12.1 Å². The Kier molecular flexibility index (Phi) is 5.54. The molecule has 0 saturated carbocycles. The number of hydrogen-bond acceptors (Lipinski definition) is 4. The van der Waals surface area contributed by atoms with Gasteiger partial charge in [0, 0.05) is 0 Å². The molecule has 1 aromatic rings. The number of amides is 1. The third-order valence-corrected chi connectivity index (χ3v) is 3.00. The van der Waals surface area contributed by atoms with Crippen LogP contribution in [0.25, 0.3) is 0 Å². The van der Waals surface area contributed by atoms with Crippen LogP contribution in [0.4, 0.5) is 4.79 Å². The highest BCUT2D eigenvalue weighted by Crippen LogP contribution is 2.22. The van der Waals surface area contributed by atoms with Crippen molar-refractivity contribution in [2.45, 2.75) is 52.4 Å². The van der Waals surface area contributed by atoms with Crippen LogP contribution in [0.3, 0.4) is 0 Å². The van der Waals surface area contributed by atoms with Crippen LogP contribution < -0.4 is 5.32 Å². The van der Waals surface area contributed by atoms with Crippen molar-refractivity contribution in [3.05, 3.63) is 34.9 Å². The average molecular weight is 309 g/mol. The Balaban J connectivity index is 2.95. The molecule has 0 saturated heterocycles. The molecule has 22 heavy (non-hydrogen) atoms. The number of carbonyl (C=O) groups is 2. The molecule has 122 valence electrons. The highest BCUT2D eigenvalue weighted by molar-refractivity contribution is 5.81. The summed E-state index contributed by atoms with van der Waals surface area (Å²) in [6.07, 6.45) is -2.26. The molecule has 0 aliphatic rings. The number of alkyl carbamates (subject to hydrolysis) is 1. The summed E-state index contributed by atoms with van der Waals surface area (Å²) in [6, 6.07) is 3.78. The Morgan fingerprint density at radius 2 is 1.82 bits per heavy atom. The van der Waals surface area contributed by atoms with Gasteiger partial charge in [-0.2, -0.15) is 0 Å².